The predicted octanol–water partition coefficient (Wildman–Crippen LogP) is 6.01. The summed E-state index contributed by atoms with van der Waals surface area (Å²) in [6.45, 7) is 12.0. The Morgan fingerprint density at radius 1 is 0.573 bits per heavy atom. The number of nitrogens with two attached hydrogens (primary N) is 1. The molecule has 75 heavy (non-hydrogen) atoms. The van der Waals surface area contributed by atoms with Gasteiger partial charge in [-0.3, -0.25) is 43.7 Å². The van der Waals surface area contributed by atoms with Crippen LogP contribution in [0.4, 0.5) is 4.79 Å². The third kappa shape index (κ3) is 13.1. The highest BCUT2D eigenvalue weighted by Crippen LogP contribution is 2.39. The van der Waals surface area contributed by atoms with Gasteiger partial charge in [-0.25, -0.2) is 0 Å². The van der Waals surface area contributed by atoms with E-state index >= 15 is 0 Å². The average molecular weight is 1060 g/mol. The number of carbonyl (C=O) groups is 5. The van der Waals surface area contributed by atoms with Crippen molar-refractivity contribution in [3.8, 4) is 0 Å². The quantitative estimate of drug-likeness (QED) is 0.190. The highest BCUT2D eigenvalue weighted by Gasteiger charge is 2.37. The Morgan fingerprint density at radius 3 is 1.37 bits per heavy atom. The average Bonchev–Trinajstić information content (AvgIpc) is 3.68. The molecule has 0 bridgehead atoms. The van der Waals surface area contributed by atoms with Crippen LogP contribution in [-0.2, 0) is 44.9 Å². The molecule has 2 aromatic heterocycles. The van der Waals surface area contributed by atoms with Gasteiger partial charge < -0.3 is 30.7 Å². The molecule has 18 heteroatoms. The zero-order valence-electron chi connectivity index (χ0n) is 43.5. The van der Waals surface area contributed by atoms with Crippen molar-refractivity contribution in [1.29, 1.82) is 0 Å². The second kappa shape index (κ2) is 24.7. The fraction of sp³-hybridized carbons (Fsp3) is 0.526. The number of hydrogen-bond donors (Lipinski definition) is 2. The summed E-state index contributed by atoms with van der Waals surface area (Å²) >= 11 is 12.7. The fourth-order valence-electron chi connectivity index (χ4n) is 12.3. The number of hydrogen-bond acceptors (Lipinski definition) is 10. The Morgan fingerprint density at radius 2 is 0.973 bits per heavy atom. The van der Waals surface area contributed by atoms with Crippen molar-refractivity contribution in [3.63, 3.8) is 0 Å². The minimum absolute atomic E-state index is 0.00863. The molecule has 2 aliphatic carbocycles. The molecule has 2 radical (unpaired) electrons. The van der Waals surface area contributed by atoms with E-state index in [0.717, 1.165) is 112 Å². The lowest BCUT2D eigenvalue weighted by Crippen LogP contribution is -2.51. The van der Waals surface area contributed by atoms with E-state index in [0.29, 0.717) is 58.0 Å². The maximum atomic E-state index is 13.2. The molecule has 4 aliphatic heterocycles. The number of halogens is 2. The van der Waals surface area contributed by atoms with Gasteiger partial charge in [0.2, 0.25) is 31.5 Å². The number of benzene rings is 2. The first-order valence-electron chi connectivity index (χ1n) is 27.1. The van der Waals surface area contributed by atoms with E-state index in [1.165, 1.54) is 33.4 Å². The molecular weight excluding hydrogens is 986 g/mol. The topological polar surface area (TPSA) is 169 Å². The summed E-state index contributed by atoms with van der Waals surface area (Å²) in [7, 11) is 5.14. The standard InChI is InChI=1S/C29H35BClN5O3.C28H36ClN5O2/c1-19(33-29(30)39)28(38)36-11-8-20(9-12-36)17-25(37)34-13-15-35(16-14-34)27-24-7-6-23(31)18-22(24)5-4-21-3-2-10-32-26(21)27;1-19(30)28(36)34-11-8-20(9-12-34)17-25(35)32-13-15-33(16-14-32)27-24-7-6-23(29)18-22(24)5-4-21-3-2-10-31-26(21)27/h2-3,6-7,10,18-20,27H,4-5,8-9,11-17H2,1H3,(H,33,39);2-3,6-7,10,18-20,27H,4-5,8-9,11-17,30H2,1H3/t2*19-,27?/m00/s1. The molecule has 4 aromatic rings. The number of nitrogens with one attached hydrogen (secondary N) is 1. The van der Waals surface area contributed by atoms with Crippen molar-refractivity contribution < 1.29 is 24.0 Å². The van der Waals surface area contributed by atoms with Gasteiger partial charge in [-0.1, -0.05) is 47.5 Å². The number of amides is 5. The minimum Gasteiger partial charge on any atom is -0.355 e. The molecule has 6 heterocycles. The summed E-state index contributed by atoms with van der Waals surface area (Å²) in [5.74, 6) is 0.190. The van der Waals surface area contributed by atoms with Gasteiger partial charge in [-0.05, 0) is 147 Å². The van der Waals surface area contributed by atoms with Crippen molar-refractivity contribution in [3.05, 3.63) is 128 Å². The van der Waals surface area contributed by atoms with Crippen LogP contribution in [-0.4, -0.2) is 167 Å². The number of piperazine rings is 2. The summed E-state index contributed by atoms with van der Waals surface area (Å²) < 4.78 is 0. The number of aromatic nitrogens is 2. The van der Waals surface area contributed by atoms with Gasteiger partial charge in [0.15, 0.2) is 5.81 Å². The predicted molar refractivity (Wildman–Crippen MR) is 291 cm³/mol. The van der Waals surface area contributed by atoms with E-state index in [1.807, 2.05) is 51.4 Å². The second-order valence-electron chi connectivity index (χ2n) is 21.4. The van der Waals surface area contributed by atoms with Crippen molar-refractivity contribution >= 4 is 60.5 Å². The van der Waals surface area contributed by atoms with Gasteiger partial charge in [0.05, 0.1) is 29.5 Å². The maximum Gasteiger partial charge on any atom is 0.244 e. The van der Waals surface area contributed by atoms with Crippen LogP contribution in [0.2, 0.25) is 10.0 Å². The van der Waals surface area contributed by atoms with Crippen LogP contribution in [0.1, 0.15) is 109 Å². The molecule has 0 saturated carbocycles. The van der Waals surface area contributed by atoms with Crippen LogP contribution in [0.5, 0.6) is 0 Å². The van der Waals surface area contributed by atoms with Gasteiger partial charge in [-0.2, -0.15) is 0 Å². The molecule has 15 nitrogen and oxygen atoms in total. The number of aryl methyl sites for hydroxylation is 4. The molecule has 5 amide bonds. The van der Waals surface area contributed by atoms with Crippen LogP contribution in [0.3, 0.4) is 0 Å². The van der Waals surface area contributed by atoms with E-state index in [9.17, 15) is 24.0 Å². The summed E-state index contributed by atoms with van der Waals surface area (Å²) in [4.78, 5) is 84.3. The first-order valence-corrected chi connectivity index (χ1v) is 27.8. The van der Waals surface area contributed by atoms with Crippen LogP contribution in [0.25, 0.3) is 0 Å². The van der Waals surface area contributed by atoms with Gasteiger partial charge >= 0.3 is 0 Å². The molecule has 396 valence electrons. The summed E-state index contributed by atoms with van der Waals surface area (Å²) in [5.41, 5.74) is 15.7. The molecular formula is C57H71BCl2N10O5. The van der Waals surface area contributed by atoms with E-state index < -0.39 is 17.9 Å². The summed E-state index contributed by atoms with van der Waals surface area (Å²) in [5, 5.41) is 3.97. The molecule has 4 atom stereocenters. The van der Waals surface area contributed by atoms with Gasteiger partial charge in [0, 0.05) is 114 Å². The lowest BCUT2D eigenvalue weighted by atomic mass is 9.92. The van der Waals surface area contributed by atoms with E-state index in [2.05, 4.69) is 51.5 Å². The van der Waals surface area contributed by atoms with Crippen molar-refractivity contribution in [2.75, 3.05) is 78.5 Å². The first kappa shape index (κ1) is 54.4. The third-order valence-electron chi connectivity index (χ3n) is 16.5. The molecule has 10 rings (SSSR count). The highest BCUT2D eigenvalue weighted by molar-refractivity contribution is 6.57. The molecule has 3 N–H and O–H groups in total. The Labute approximate surface area is 453 Å². The molecule has 4 saturated heterocycles. The maximum absolute atomic E-state index is 13.2. The van der Waals surface area contributed by atoms with Gasteiger partial charge in [0.25, 0.3) is 0 Å². The third-order valence-corrected chi connectivity index (χ3v) is 16.9. The van der Waals surface area contributed by atoms with E-state index in [1.54, 1.807) is 18.7 Å². The lowest BCUT2D eigenvalue weighted by molar-refractivity contribution is -0.137. The van der Waals surface area contributed by atoms with Crippen molar-refractivity contribution in [2.45, 2.75) is 102 Å². The second-order valence-corrected chi connectivity index (χ2v) is 22.3. The molecule has 6 aliphatic rings. The zero-order valence-corrected chi connectivity index (χ0v) is 45.0. The van der Waals surface area contributed by atoms with Crippen molar-refractivity contribution in [2.24, 2.45) is 17.6 Å². The van der Waals surface area contributed by atoms with E-state index in [-0.39, 0.29) is 41.6 Å². The SMILES string of the molecule is C[C@H](N)C(=O)N1CCC(CC(=O)N2CCN(C3c4ccc(Cl)cc4CCc4cccnc43)CC2)CC1.[B]C(=O)N[C@@H](C)C(=O)N1CCC(CC(=O)N2CCN(C3c4ccc(Cl)cc4CCc4cccnc43)CC2)CC1. The minimum atomic E-state index is -0.704. The normalized spacial score (nSPS) is 21.4. The number of carbonyl (C=O) groups excluding carboxylic acids is 5. The monoisotopic (exact) mass is 1060 g/mol. The molecule has 2 aromatic carbocycles. The smallest absolute Gasteiger partial charge is 0.244 e. The van der Waals surface area contributed by atoms with Gasteiger partial charge in [0.1, 0.15) is 6.04 Å². The number of rotatable bonds is 9. The fourth-order valence-corrected chi connectivity index (χ4v) is 12.7. The Bertz CT molecular complexity index is 2700. The van der Waals surface area contributed by atoms with Crippen LogP contribution in [0, 0.1) is 11.8 Å². The summed E-state index contributed by atoms with van der Waals surface area (Å²) in [6.07, 6.45) is 11.9. The molecule has 4 fully saturated rings. The molecule has 0 spiro atoms. The number of pyridine rings is 2. The Kier molecular flexibility index (Phi) is 17.9. The Hall–Kier alpha value is -5.39. The number of nitrogens with zero attached hydrogens (tertiary/aromatic N) is 8. The summed E-state index contributed by atoms with van der Waals surface area (Å²) in [6, 6.07) is 19.9. The van der Waals surface area contributed by atoms with Crippen molar-refractivity contribution in [1.82, 2.24) is 44.7 Å². The first-order chi connectivity index (χ1) is 36.2. The lowest BCUT2D eigenvalue weighted by Gasteiger charge is -2.40. The van der Waals surface area contributed by atoms with E-state index in [4.69, 9.17) is 46.7 Å². The van der Waals surface area contributed by atoms with Gasteiger partial charge in [-0.15, -0.1) is 0 Å². The number of likely N-dealkylation sites (tertiary alicyclic amines) is 2. The highest BCUT2D eigenvalue weighted by atomic mass is 35.5. The molecule has 2 unspecified atom stereocenters. The number of piperidine rings is 2. The Balaban J connectivity index is 0.000000184. The van der Waals surface area contributed by atoms with Crippen LogP contribution >= 0.6 is 23.2 Å². The van der Waals surface area contributed by atoms with Crippen LogP contribution in [0.15, 0.2) is 73.1 Å². The largest absolute Gasteiger partial charge is 0.355 e. The van der Waals surface area contributed by atoms with Crippen LogP contribution < -0.4 is 11.1 Å². The number of fused-ring (bicyclic) bond motifs is 4. The zero-order chi connectivity index (χ0) is 52.8.